The van der Waals surface area contributed by atoms with E-state index in [1.165, 1.54) is 20.0 Å². The predicted molar refractivity (Wildman–Crippen MR) is 141 cm³/mol. The Hall–Kier alpha value is -2.70. The van der Waals surface area contributed by atoms with Crippen molar-refractivity contribution in [1.82, 2.24) is 14.9 Å². The monoisotopic (exact) mass is 492 g/mol. The third-order valence-electron chi connectivity index (χ3n) is 8.86. The summed E-state index contributed by atoms with van der Waals surface area (Å²) >= 11 is 0. The Morgan fingerprint density at radius 2 is 1.72 bits per heavy atom. The molecule has 1 aromatic heterocycles. The van der Waals surface area contributed by atoms with E-state index in [0.29, 0.717) is 35.8 Å². The minimum atomic E-state index is -0.145. The molecule has 1 amide bonds. The van der Waals surface area contributed by atoms with Gasteiger partial charge in [-0.3, -0.25) is 9.59 Å². The predicted octanol–water partition coefficient (Wildman–Crippen LogP) is 5.59. The molecule has 1 aromatic carbocycles. The number of piperidine rings is 2. The fourth-order valence-corrected chi connectivity index (χ4v) is 6.74. The van der Waals surface area contributed by atoms with Gasteiger partial charge in [0.15, 0.2) is 0 Å². The van der Waals surface area contributed by atoms with E-state index < -0.39 is 0 Å². The van der Waals surface area contributed by atoms with Crippen molar-refractivity contribution >= 4 is 28.7 Å². The van der Waals surface area contributed by atoms with Gasteiger partial charge in [0.25, 0.3) is 5.91 Å². The maximum Gasteiger partial charge on any atom is 0.308 e. The fraction of sp³-hybridized carbons (Fsp3) is 0.655. The summed E-state index contributed by atoms with van der Waals surface area (Å²) in [5.74, 6) is 1.24. The van der Waals surface area contributed by atoms with Crippen LogP contribution < -0.4 is 5.32 Å². The zero-order valence-electron chi connectivity index (χ0n) is 22.1. The first-order valence-electron chi connectivity index (χ1n) is 13.7. The van der Waals surface area contributed by atoms with Crippen LogP contribution in [0.25, 0.3) is 10.9 Å². The van der Waals surface area contributed by atoms with Crippen LogP contribution in [-0.2, 0) is 9.53 Å². The summed E-state index contributed by atoms with van der Waals surface area (Å²) in [6.07, 6.45) is 11.0. The number of amides is 1. The quantitative estimate of drug-likeness (QED) is 0.560. The lowest BCUT2D eigenvalue weighted by Crippen LogP contribution is -2.55. The summed E-state index contributed by atoms with van der Waals surface area (Å²) in [6, 6.07) is 6.34. The molecule has 2 saturated heterocycles. The fourth-order valence-electron chi connectivity index (χ4n) is 6.74. The highest BCUT2D eigenvalue weighted by molar-refractivity contribution is 5.98. The second-order valence-electron chi connectivity index (χ2n) is 12.2. The van der Waals surface area contributed by atoms with Gasteiger partial charge in [-0.15, -0.1) is 0 Å². The van der Waals surface area contributed by atoms with Crippen LogP contribution in [0.3, 0.4) is 0 Å². The van der Waals surface area contributed by atoms with Gasteiger partial charge >= 0.3 is 5.97 Å². The van der Waals surface area contributed by atoms with E-state index in [2.05, 4.69) is 31.1 Å². The van der Waals surface area contributed by atoms with E-state index in [1.807, 2.05) is 29.3 Å². The molecule has 0 radical (unpaired) electrons. The van der Waals surface area contributed by atoms with Crippen LogP contribution in [0.5, 0.6) is 0 Å². The molecule has 0 spiro atoms. The molecular weight excluding hydrogens is 452 g/mol. The molecule has 2 aromatic rings. The lowest BCUT2D eigenvalue weighted by Gasteiger charge is -2.48. The number of anilines is 1. The van der Waals surface area contributed by atoms with Gasteiger partial charge in [0.2, 0.25) is 5.95 Å². The molecule has 7 nitrogen and oxygen atoms in total. The number of aromatic nitrogens is 2. The number of hydrogen-bond donors (Lipinski definition) is 1. The van der Waals surface area contributed by atoms with Gasteiger partial charge in [-0.25, -0.2) is 9.97 Å². The number of methoxy groups -OCH3 is 1. The van der Waals surface area contributed by atoms with Crippen molar-refractivity contribution in [2.24, 2.45) is 17.3 Å². The smallest absolute Gasteiger partial charge is 0.308 e. The summed E-state index contributed by atoms with van der Waals surface area (Å²) in [5.41, 5.74) is 1.88. The average Bonchev–Trinajstić information content (AvgIpc) is 2.86. The first-order chi connectivity index (χ1) is 17.2. The molecule has 2 atom stereocenters. The highest BCUT2D eigenvalue weighted by atomic mass is 16.5. The Labute approximate surface area is 214 Å². The van der Waals surface area contributed by atoms with E-state index in [9.17, 15) is 9.59 Å². The molecule has 1 aliphatic carbocycles. The lowest BCUT2D eigenvalue weighted by atomic mass is 9.71. The molecule has 2 unspecified atom stereocenters. The third kappa shape index (κ3) is 5.07. The number of ether oxygens (including phenoxy) is 1. The first-order valence-corrected chi connectivity index (χ1v) is 13.7. The number of benzene rings is 1. The highest BCUT2D eigenvalue weighted by Gasteiger charge is 2.43. The highest BCUT2D eigenvalue weighted by Crippen LogP contribution is 2.39. The topological polar surface area (TPSA) is 84.4 Å². The van der Waals surface area contributed by atoms with E-state index >= 15 is 0 Å². The van der Waals surface area contributed by atoms with Gasteiger partial charge in [0.05, 0.1) is 18.5 Å². The van der Waals surface area contributed by atoms with Crippen molar-refractivity contribution in [2.45, 2.75) is 96.7 Å². The minimum absolute atomic E-state index is 0.0488. The van der Waals surface area contributed by atoms with Crippen LogP contribution in [0.1, 0.15) is 88.9 Å². The second kappa shape index (κ2) is 9.98. The molecule has 2 aliphatic heterocycles. The summed E-state index contributed by atoms with van der Waals surface area (Å²) in [4.78, 5) is 37.1. The van der Waals surface area contributed by atoms with Crippen LogP contribution in [0.2, 0.25) is 0 Å². The lowest BCUT2D eigenvalue weighted by molar-refractivity contribution is -0.149. The molecule has 3 heterocycles. The van der Waals surface area contributed by atoms with E-state index in [-0.39, 0.29) is 29.9 Å². The average molecular weight is 493 g/mol. The van der Waals surface area contributed by atoms with Crippen LogP contribution in [0.15, 0.2) is 24.4 Å². The van der Waals surface area contributed by atoms with Crippen molar-refractivity contribution in [3.63, 3.8) is 0 Å². The van der Waals surface area contributed by atoms with Gasteiger partial charge in [-0.1, -0.05) is 20.8 Å². The molecule has 3 aliphatic rings. The standard InChI is InChI=1S/C29H40N4O3/c1-29(2,3)21-9-11-22(12-10-21)31-28-30-17-20-14-18(8-13-25(20)32-28)26(34)33-23-6-5-7-24(33)16-19(15-23)27(35)36-4/h8,13-14,17,19,21-24H,5-7,9-12,15-16H2,1-4H3,(H,30,31,32)/t19?,21-,22-,23?,24?. The van der Waals surface area contributed by atoms with Crippen molar-refractivity contribution in [3.8, 4) is 0 Å². The first kappa shape index (κ1) is 25.0. The number of carbonyl (C=O) groups excluding carboxylic acids is 2. The van der Waals surface area contributed by atoms with Crippen LogP contribution in [0.4, 0.5) is 5.95 Å². The summed E-state index contributed by atoms with van der Waals surface area (Å²) in [6.45, 7) is 7.02. The van der Waals surface area contributed by atoms with Crippen molar-refractivity contribution < 1.29 is 14.3 Å². The molecule has 7 heteroatoms. The second-order valence-corrected chi connectivity index (χ2v) is 12.2. The maximum atomic E-state index is 13.6. The van der Waals surface area contributed by atoms with E-state index in [1.54, 1.807) is 0 Å². The van der Waals surface area contributed by atoms with Crippen molar-refractivity contribution in [2.75, 3.05) is 12.4 Å². The Kier molecular flexibility index (Phi) is 6.92. The van der Waals surface area contributed by atoms with Gasteiger partial charge in [0, 0.05) is 35.3 Å². The van der Waals surface area contributed by atoms with Gasteiger partial charge < -0.3 is 15.0 Å². The van der Waals surface area contributed by atoms with Crippen molar-refractivity contribution in [1.29, 1.82) is 0 Å². The van der Waals surface area contributed by atoms with Crippen LogP contribution in [0, 0.1) is 17.3 Å². The summed E-state index contributed by atoms with van der Waals surface area (Å²) in [5, 5.41) is 4.42. The van der Waals surface area contributed by atoms with Gasteiger partial charge in [-0.2, -0.15) is 0 Å². The molecular formula is C29H40N4O3. The van der Waals surface area contributed by atoms with E-state index in [4.69, 9.17) is 9.72 Å². The Morgan fingerprint density at radius 1 is 1.03 bits per heavy atom. The minimum Gasteiger partial charge on any atom is -0.469 e. The number of nitrogens with one attached hydrogen (secondary N) is 1. The number of fused-ring (bicyclic) bond motifs is 3. The molecule has 5 rings (SSSR count). The molecule has 36 heavy (non-hydrogen) atoms. The zero-order chi connectivity index (χ0) is 25.4. The largest absolute Gasteiger partial charge is 0.469 e. The van der Waals surface area contributed by atoms with E-state index in [0.717, 1.165) is 48.9 Å². The molecule has 3 fully saturated rings. The number of rotatable bonds is 4. The number of carbonyl (C=O) groups is 2. The molecule has 1 N–H and O–H groups in total. The maximum absolute atomic E-state index is 13.6. The summed E-state index contributed by atoms with van der Waals surface area (Å²) < 4.78 is 5.00. The van der Waals surface area contributed by atoms with Crippen LogP contribution in [-0.4, -0.2) is 52.0 Å². The molecule has 2 bridgehead atoms. The number of hydrogen-bond acceptors (Lipinski definition) is 6. The van der Waals surface area contributed by atoms with Crippen molar-refractivity contribution in [3.05, 3.63) is 30.0 Å². The molecule has 1 saturated carbocycles. The zero-order valence-corrected chi connectivity index (χ0v) is 22.1. The number of esters is 1. The SMILES string of the molecule is COC(=O)C1CC2CCCC(C1)N2C(=O)c1ccc2nc(N[C@H]3CC[C@H](C(C)(C)C)CC3)ncc2c1. The third-order valence-corrected chi connectivity index (χ3v) is 8.86. The Morgan fingerprint density at radius 3 is 2.36 bits per heavy atom. The Balaban J connectivity index is 1.27. The Bertz CT molecular complexity index is 1110. The van der Waals surface area contributed by atoms with Gasteiger partial charge in [-0.05, 0) is 87.3 Å². The molecule has 194 valence electrons. The normalized spacial score (nSPS) is 28.6. The summed E-state index contributed by atoms with van der Waals surface area (Å²) in [7, 11) is 1.45. The van der Waals surface area contributed by atoms with Gasteiger partial charge in [0.1, 0.15) is 0 Å². The van der Waals surface area contributed by atoms with Crippen LogP contribution >= 0.6 is 0 Å². The number of nitrogens with zero attached hydrogens (tertiary/aromatic N) is 3.